The molecule has 0 atom stereocenters. The van der Waals surface area contributed by atoms with Crippen LogP contribution in [0.5, 0.6) is 0 Å². The molecule has 0 saturated carbocycles. The predicted molar refractivity (Wildman–Crippen MR) is 59.4 cm³/mol. The van der Waals surface area contributed by atoms with Gasteiger partial charge in [0.2, 0.25) is 5.82 Å². The molecule has 0 amide bonds. The van der Waals surface area contributed by atoms with Gasteiger partial charge in [0.1, 0.15) is 5.82 Å². The van der Waals surface area contributed by atoms with Crippen molar-refractivity contribution in [3.63, 3.8) is 0 Å². The summed E-state index contributed by atoms with van der Waals surface area (Å²) in [6, 6.07) is 6.19. The van der Waals surface area contributed by atoms with E-state index in [1.165, 1.54) is 12.1 Å². The lowest BCUT2D eigenvalue weighted by atomic mass is 10.3. The van der Waals surface area contributed by atoms with Crippen molar-refractivity contribution in [3.8, 4) is 0 Å². The Morgan fingerprint density at radius 3 is 2.71 bits per heavy atom. The smallest absolute Gasteiger partial charge is 0.315 e. The van der Waals surface area contributed by atoms with Crippen LogP contribution < -0.4 is 16.2 Å². The summed E-state index contributed by atoms with van der Waals surface area (Å²) in [5.74, 6) is -0.388. The fourth-order valence-corrected chi connectivity index (χ4v) is 1.18. The Kier molecular flexibility index (Phi) is 2.99. The summed E-state index contributed by atoms with van der Waals surface area (Å²) in [5, 5.41) is 20.1. The Labute approximate surface area is 96.0 Å². The van der Waals surface area contributed by atoms with E-state index < -0.39 is 5.82 Å². The summed E-state index contributed by atoms with van der Waals surface area (Å²) >= 11 is 0. The van der Waals surface area contributed by atoms with Crippen LogP contribution in [0.15, 0.2) is 28.7 Å². The highest BCUT2D eigenvalue weighted by atomic mass is 19.1. The predicted octanol–water partition coefficient (Wildman–Crippen LogP) is 1.47. The van der Waals surface area contributed by atoms with E-state index in [0.717, 1.165) is 0 Å². The van der Waals surface area contributed by atoms with E-state index in [1.54, 1.807) is 19.2 Å². The quantitative estimate of drug-likeness (QED) is 0.750. The summed E-state index contributed by atoms with van der Waals surface area (Å²) in [7, 11) is 1.59. The van der Waals surface area contributed by atoms with Gasteiger partial charge >= 0.3 is 6.01 Å². The summed E-state index contributed by atoms with van der Waals surface area (Å²) in [4.78, 5) is 0. The number of aromatic nitrogens is 2. The molecule has 7 heteroatoms. The Morgan fingerprint density at radius 1 is 1.29 bits per heavy atom. The van der Waals surface area contributed by atoms with E-state index in [-0.39, 0.29) is 23.1 Å². The van der Waals surface area contributed by atoms with Crippen LogP contribution >= 0.6 is 0 Å². The van der Waals surface area contributed by atoms with Gasteiger partial charge in [-0.1, -0.05) is 17.2 Å². The monoisotopic (exact) mass is 235 g/mol. The van der Waals surface area contributed by atoms with Gasteiger partial charge in [0.15, 0.2) is 0 Å². The molecule has 3 N–H and O–H groups in total. The molecule has 0 aliphatic carbocycles. The zero-order valence-corrected chi connectivity index (χ0v) is 8.99. The number of rotatable bonds is 3. The lowest BCUT2D eigenvalue weighted by Crippen LogP contribution is -2.13. The maximum Gasteiger partial charge on any atom is 0.315 e. The van der Waals surface area contributed by atoms with E-state index in [2.05, 4.69) is 20.8 Å². The molecule has 0 aliphatic rings. The van der Waals surface area contributed by atoms with Gasteiger partial charge in [-0.15, -0.1) is 5.10 Å². The topological polar surface area (TPSA) is 86.8 Å². The van der Waals surface area contributed by atoms with Crippen LogP contribution in [0.25, 0.3) is 0 Å². The molecule has 0 radical (unpaired) electrons. The summed E-state index contributed by atoms with van der Waals surface area (Å²) in [6.45, 7) is 0. The van der Waals surface area contributed by atoms with Gasteiger partial charge in [-0.2, -0.15) is 0 Å². The average Bonchev–Trinajstić information content (AvgIpc) is 2.34. The molecule has 88 valence electrons. The zero-order valence-electron chi connectivity index (χ0n) is 8.99. The van der Waals surface area contributed by atoms with Crippen molar-refractivity contribution in [2.24, 2.45) is 0 Å². The van der Waals surface area contributed by atoms with Crippen LogP contribution in [0.3, 0.4) is 0 Å². The number of benzene rings is 1. The van der Waals surface area contributed by atoms with Gasteiger partial charge in [0, 0.05) is 7.05 Å². The molecule has 0 fully saturated rings. The highest BCUT2D eigenvalue weighted by Gasteiger charge is 2.06. The first-order chi connectivity index (χ1) is 8.20. The van der Waals surface area contributed by atoms with E-state index in [4.69, 9.17) is 9.83 Å². The lowest BCUT2D eigenvalue weighted by molar-refractivity contribution is 0.475. The van der Waals surface area contributed by atoms with Gasteiger partial charge in [0.05, 0.1) is 5.69 Å². The van der Waals surface area contributed by atoms with E-state index in [1.807, 2.05) is 0 Å². The Balaban J connectivity index is 2.31. The van der Waals surface area contributed by atoms with Crippen LogP contribution in [-0.2, 0) is 0 Å². The van der Waals surface area contributed by atoms with Crippen molar-refractivity contribution in [3.05, 3.63) is 35.6 Å². The number of nitrogens with zero attached hydrogens (tertiary/aromatic N) is 2. The molecule has 1 heterocycles. The first-order valence-electron chi connectivity index (χ1n) is 4.82. The molecule has 0 bridgehead atoms. The maximum absolute atomic E-state index is 13.3. The van der Waals surface area contributed by atoms with Crippen LogP contribution in [0.1, 0.15) is 0 Å². The minimum absolute atomic E-state index is 0.0501. The van der Waals surface area contributed by atoms with Crippen LogP contribution in [-0.4, -0.2) is 17.2 Å². The van der Waals surface area contributed by atoms with Crippen LogP contribution in [0, 0.1) is 11.2 Å². The number of hydrogen-bond donors (Lipinski definition) is 3. The fraction of sp³-hybridized carbons (Fsp3) is 0.100. The van der Waals surface area contributed by atoms with Crippen LogP contribution in [0.2, 0.25) is 0 Å². The standard InChI is InChI=1S/C10H10FN5O/c1-13-10-16-15-9(8(12)17-10)14-7-5-3-2-4-6(7)11/h2-5,12H,1H3,(H,13,16)(H,14,15). The molecular weight excluding hydrogens is 225 g/mol. The molecule has 2 rings (SSSR count). The van der Waals surface area contributed by atoms with Gasteiger partial charge < -0.3 is 15.1 Å². The second-order valence-electron chi connectivity index (χ2n) is 3.14. The van der Waals surface area contributed by atoms with Gasteiger partial charge in [-0.25, -0.2) is 4.39 Å². The highest BCUT2D eigenvalue weighted by Crippen LogP contribution is 2.15. The number of halogens is 1. The molecule has 2 aromatic rings. The molecular formula is C10H10FN5O. The van der Waals surface area contributed by atoms with E-state index >= 15 is 0 Å². The SMILES string of the molecule is CNc1nnc(Nc2ccccc2F)c(=N)o1. The minimum Gasteiger partial charge on any atom is -0.402 e. The number of para-hydroxylation sites is 1. The first kappa shape index (κ1) is 11.1. The molecule has 0 spiro atoms. The number of hydrogen-bond acceptors (Lipinski definition) is 6. The van der Waals surface area contributed by atoms with Crippen molar-refractivity contribution < 1.29 is 8.81 Å². The molecule has 1 aromatic heterocycles. The largest absolute Gasteiger partial charge is 0.402 e. The Hall–Kier alpha value is -2.44. The molecule has 6 nitrogen and oxygen atoms in total. The molecule has 0 saturated heterocycles. The van der Waals surface area contributed by atoms with Gasteiger partial charge in [0.25, 0.3) is 5.55 Å². The van der Waals surface area contributed by atoms with Crippen molar-refractivity contribution >= 4 is 17.5 Å². The third kappa shape index (κ3) is 2.39. The van der Waals surface area contributed by atoms with Gasteiger partial charge in [-0.05, 0) is 12.1 Å². The third-order valence-corrected chi connectivity index (χ3v) is 2.00. The number of anilines is 3. The molecule has 0 unspecified atom stereocenters. The summed E-state index contributed by atoms with van der Waals surface area (Å²) in [6.07, 6.45) is 0. The second-order valence-corrected chi connectivity index (χ2v) is 3.14. The average molecular weight is 235 g/mol. The third-order valence-electron chi connectivity index (χ3n) is 2.00. The summed E-state index contributed by atoms with van der Waals surface area (Å²) < 4.78 is 18.3. The van der Waals surface area contributed by atoms with Gasteiger partial charge in [-0.3, -0.25) is 5.41 Å². The minimum atomic E-state index is -0.439. The van der Waals surface area contributed by atoms with E-state index in [0.29, 0.717) is 0 Å². The van der Waals surface area contributed by atoms with Crippen molar-refractivity contribution in [2.45, 2.75) is 0 Å². The fourth-order valence-electron chi connectivity index (χ4n) is 1.18. The number of nitrogens with one attached hydrogen (secondary N) is 3. The van der Waals surface area contributed by atoms with Crippen LogP contribution in [0.4, 0.5) is 21.9 Å². The normalized spacial score (nSPS) is 10.0. The van der Waals surface area contributed by atoms with E-state index in [9.17, 15) is 4.39 Å². The summed E-state index contributed by atoms with van der Waals surface area (Å²) in [5.41, 5.74) is -0.0182. The van der Waals surface area contributed by atoms with Crippen molar-refractivity contribution in [1.29, 1.82) is 5.41 Å². The van der Waals surface area contributed by atoms with Crippen molar-refractivity contribution in [1.82, 2.24) is 10.2 Å². The molecule has 1 aromatic carbocycles. The molecule has 0 aliphatic heterocycles. The zero-order chi connectivity index (χ0) is 12.3. The maximum atomic E-state index is 13.3. The lowest BCUT2D eigenvalue weighted by Gasteiger charge is -2.05. The molecule has 17 heavy (non-hydrogen) atoms. The highest BCUT2D eigenvalue weighted by molar-refractivity contribution is 5.54. The Bertz CT molecular complexity index is 583. The first-order valence-corrected chi connectivity index (χ1v) is 4.82. The second kappa shape index (κ2) is 4.60. The Morgan fingerprint density at radius 2 is 2.06 bits per heavy atom. The van der Waals surface area contributed by atoms with Crippen molar-refractivity contribution in [2.75, 3.05) is 17.7 Å².